The third-order valence-corrected chi connectivity index (χ3v) is 11.7. The number of rotatable bonds is 8. The molecule has 1 heterocycles. The van der Waals surface area contributed by atoms with Crippen LogP contribution in [0.5, 0.6) is 0 Å². The quantitative estimate of drug-likeness (QED) is 0.389. The van der Waals surface area contributed by atoms with Crippen molar-refractivity contribution in [1.29, 1.82) is 0 Å². The second kappa shape index (κ2) is 9.46. The lowest BCUT2D eigenvalue weighted by atomic mass is 10.3. The smallest absolute Gasteiger partial charge is 0.333 e. The molecular weight excluding hydrogens is 292 g/mol. The predicted octanol–water partition coefficient (Wildman–Crippen LogP) is 0.0289. The van der Waals surface area contributed by atoms with Crippen LogP contribution in [0.3, 0.4) is 0 Å². The van der Waals surface area contributed by atoms with Gasteiger partial charge in [0.25, 0.3) is 0 Å². The Morgan fingerprint density at radius 2 is 2.35 bits per heavy atom. The zero-order valence-electron chi connectivity index (χ0n) is 12.5. The van der Waals surface area contributed by atoms with Crippen LogP contribution in [0.4, 0.5) is 0 Å². The number of esters is 1. The highest BCUT2D eigenvalue weighted by molar-refractivity contribution is 7.10. The van der Waals surface area contributed by atoms with Gasteiger partial charge in [-0.3, -0.25) is 0 Å². The Balaban J connectivity index is 2.40. The lowest BCUT2D eigenvalue weighted by Crippen LogP contribution is -2.44. The van der Waals surface area contributed by atoms with Gasteiger partial charge >= 0.3 is 5.97 Å². The van der Waals surface area contributed by atoms with E-state index in [4.69, 9.17) is 13.9 Å². The molecule has 1 aliphatic heterocycles. The summed E-state index contributed by atoms with van der Waals surface area (Å²) in [6.45, 7) is 8.51. The Morgan fingerprint density at radius 1 is 1.60 bits per heavy atom. The zero-order valence-corrected chi connectivity index (χ0v) is 15.0. The molecule has 0 bridgehead atoms. The highest BCUT2D eigenvalue weighted by atomic mass is 29.2. The lowest BCUT2D eigenvalue weighted by Gasteiger charge is -2.29. The van der Waals surface area contributed by atoms with Crippen molar-refractivity contribution in [3.8, 4) is 0 Å². The van der Waals surface area contributed by atoms with Gasteiger partial charge < -0.3 is 19.0 Å². The van der Waals surface area contributed by atoms with E-state index in [1.807, 2.05) is 0 Å². The molecule has 0 aromatic carbocycles. The molecule has 0 saturated carbocycles. The van der Waals surface area contributed by atoms with E-state index in [9.17, 15) is 9.90 Å². The van der Waals surface area contributed by atoms with Gasteiger partial charge in [0.2, 0.25) is 0 Å². The maximum atomic E-state index is 11.4. The first kappa shape index (κ1) is 17.6. The van der Waals surface area contributed by atoms with Crippen LogP contribution in [0.1, 0.15) is 26.7 Å². The first-order chi connectivity index (χ1) is 9.50. The molecule has 3 unspecified atom stereocenters. The monoisotopic (exact) mass is 318 g/mol. The SMILES string of the molecule is C=C(C)C(=O)OCCC(OCC(C)O)[SiH]1CCCO[SiH2]1. The molecule has 0 spiro atoms. The number of hydrogen-bond acceptors (Lipinski definition) is 5. The summed E-state index contributed by atoms with van der Waals surface area (Å²) >= 11 is 0. The van der Waals surface area contributed by atoms with Crippen LogP contribution in [0, 0.1) is 0 Å². The fourth-order valence-corrected chi connectivity index (χ4v) is 9.81. The summed E-state index contributed by atoms with van der Waals surface area (Å²) in [4.78, 5) is 11.4. The number of aliphatic hydroxyl groups is 1. The number of carbonyl (C=O) groups is 1. The Labute approximate surface area is 124 Å². The largest absolute Gasteiger partial charge is 0.462 e. The molecule has 116 valence electrons. The van der Waals surface area contributed by atoms with Crippen LogP contribution in [-0.2, 0) is 18.7 Å². The minimum atomic E-state index is -1.02. The first-order valence-corrected chi connectivity index (χ1v) is 12.5. The van der Waals surface area contributed by atoms with Gasteiger partial charge in [0.15, 0.2) is 0 Å². The lowest BCUT2D eigenvalue weighted by molar-refractivity contribution is -0.139. The fraction of sp³-hybridized carbons (Fsp3) is 0.769. The number of ether oxygens (including phenoxy) is 2. The van der Waals surface area contributed by atoms with Crippen molar-refractivity contribution in [3.05, 3.63) is 12.2 Å². The molecule has 0 aromatic heterocycles. The van der Waals surface area contributed by atoms with Gasteiger partial charge in [0, 0.05) is 24.3 Å². The van der Waals surface area contributed by atoms with E-state index in [0.717, 1.165) is 13.0 Å². The molecular formula is C13H26O5Si2. The Morgan fingerprint density at radius 3 is 2.90 bits per heavy atom. The van der Waals surface area contributed by atoms with E-state index in [2.05, 4.69) is 6.58 Å². The second-order valence-electron chi connectivity index (χ2n) is 5.40. The Kier molecular flexibility index (Phi) is 8.31. The van der Waals surface area contributed by atoms with Crippen LogP contribution in [-0.4, -0.2) is 60.3 Å². The van der Waals surface area contributed by atoms with Gasteiger partial charge in [0.1, 0.15) is 9.28 Å². The maximum absolute atomic E-state index is 11.4. The van der Waals surface area contributed by atoms with Gasteiger partial charge in [-0.05, 0) is 20.3 Å². The molecule has 20 heavy (non-hydrogen) atoms. The average molecular weight is 319 g/mol. The summed E-state index contributed by atoms with van der Waals surface area (Å²) in [6, 6.07) is 1.24. The molecule has 7 heteroatoms. The van der Waals surface area contributed by atoms with E-state index in [1.165, 1.54) is 6.04 Å². The van der Waals surface area contributed by atoms with Crippen molar-refractivity contribution < 1.29 is 23.8 Å². The summed E-state index contributed by atoms with van der Waals surface area (Å²) in [5.74, 6) is -0.349. The van der Waals surface area contributed by atoms with Crippen LogP contribution in [0.15, 0.2) is 12.2 Å². The molecule has 5 nitrogen and oxygen atoms in total. The standard InChI is InChI=1S/C13H26O5Si2/c1-10(2)13(15)16-7-5-12(17-9-11(3)14)20-8-4-6-18-19-20/h11-12,14,20H,1,4-9,19H2,2-3H3. The minimum Gasteiger partial charge on any atom is -0.462 e. The summed E-state index contributed by atoms with van der Waals surface area (Å²) in [5, 5.41) is 9.36. The van der Waals surface area contributed by atoms with E-state index in [0.29, 0.717) is 25.2 Å². The molecule has 0 aromatic rings. The number of aliphatic hydroxyl groups excluding tert-OH is 1. The van der Waals surface area contributed by atoms with Crippen molar-refractivity contribution in [2.45, 2.75) is 44.6 Å². The molecule has 1 saturated heterocycles. The highest BCUT2D eigenvalue weighted by Gasteiger charge is 2.27. The van der Waals surface area contributed by atoms with Gasteiger partial charge in [-0.2, -0.15) is 0 Å². The van der Waals surface area contributed by atoms with Crippen LogP contribution in [0.2, 0.25) is 6.04 Å². The van der Waals surface area contributed by atoms with Gasteiger partial charge in [-0.1, -0.05) is 12.6 Å². The summed E-state index contributed by atoms with van der Waals surface area (Å²) in [6.07, 6.45) is 1.36. The van der Waals surface area contributed by atoms with Crippen LogP contribution in [0.25, 0.3) is 0 Å². The number of hydrogen-bond donors (Lipinski definition) is 1. The molecule has 0 radical (unpaired) electrons. The van der Waals surface area contributed by atoms with E-state index in [-0.39, 0.29) is 11.7 Å². The van der Waals surface area contributed by atoms with Crippen LogP contribution >= 0.6 is 0 Å². The van der Waals surface area contributed by atoms with Gasteiger partial charge in [-0.15, -0.1) is 0 Å². The molecule has 1 fully saturated rings. The van der Waals surface area contributed by atoms with Crippen molar-refractivity contribution in [2.75, 3.05) is 19.8 Å². The maximum Gasteiger partial charge on any atom is 0.333 e. The third kappa shape index (κ3) is 6.80. The van der Waals surface area contributed by atoms with Gasteiger partial charge in [0.05, 0.1) is 27.6 Å². The topological polar surface area (TPSA) is 65.0 Å². The average Bonchev–Trinajstić information content (AvgIpc) is 2.42. The van der Waals surface area contributed by atoms with E-state index < -0.39 is 23.7 Å². The molecule has 0 amide bonds. The normalized spacial score (nSPS) is 23.2. The summed E-state index contributed by atoms with van der Waals surface area (Å²) in [7, 11) is -1.48. The van der Waals surface area contributed by atoms with Crippen molar-refractivity contribution in [1.82, 2.24) is 0 Å². The van der Waals surface area contributed by atoms with E-state index in [1.54, 1.807) is 13.8 Å². The number of carbonyl (C=O) groups excluding carboxylic acids is 1. The Bertz CT molecular complexity index is 316. The molecule has 0 aliphatic carbocycles. The summed E-state index contributed by atoms with van der Waals surface area (Å²) < 4.78 is 16.7. The predicted molar refractivity (Wildman–Crippen MR) is 82.9 cm³/mol. The minimum absolute atomic E-state index is 0.148. The molecule has 3 atom stereocenters. The molecule has 1 N–H and O–H groups in total. The molecule has 1 rings (SSSR count). The first-order valence-electron chi connectivity index (χ1n) is 7.20. The van der Waals surface area contributed by atoms with Crippen LogP contribution < -0.4 is 0 Å². The highest BCUT2D eigenvalue weighted by Crippen LogP contribution is 2.14. The van der Waals surface area contributed by atoms with Crippen molar-refractivity contribution in [3.63, 3.8) is 0 Å². The Hall–Kier alpha value is -0.476. The second-order valence-corrected chi connectivity index (χ2v) is 13.1. The fourth-order valence-electron chi connectivity index (χ4n) is 2.17. The zero-order chi connectivity index (χ0) is 15.0. The summed E-state index contributed by atoms with van der Waals surface area (Å²) in [5.41, 5.74) is 0.563. The third-order valence-electron chi connectivity index (χ3n) is 3.26. The molecule has 1 aliphatic rings. The van der Waals surface area contributed by atoms with Crippen molar-refractivity contribution >= 4 is 23.6 Å². The van der Waals surface area contributed by atoms with Crippen molar-refractivity contribution in [2.24, 2.45) is 0 Å². The van der Waals surface area contributed by atoms with E-state index >= 15 is 0 Å². The van der Waals surface area contributed by atoms with Gasteiger partial charge in [-0.25, -0.2) is 4.79 Å².